The van der Waals surface area contributed by atoms with Crippen molar-refractivity contribution in [2.75, 3.05) is 6.61 Å². The van der Waals surface area contributed by atoms with Gasteiger partial charge in [0, 0.05) is 10.6 Å². The first-order chi connectivity index (χ1) is 57.9. The van der Waals surface area contributed by atoms with E-state index in [1.54, 1.807) is 52.8 Å². The summed E-state index contributed by atoms with van der Waals surface area (Å²) < 4.78 is 78.0. The zero-order valence-corrected chi connectivity index (χ0v) is 89.2. The Morgan fingerprint density at radius 1 is 0.297 bits per heavy atom. The van der Waals surface area contributed by atoms with Gasteiger partial charge in [-0.1, -0.05) is 408 Å². The van der Waals surface area contributed by atoms with Crippen molar-refractivity contribution < 1.29 is 36.5 Å². The van der Waals surface area contributed by atoms with E-state index in [0.29, 0.717) is 16.7 Å². The maximum Gasteiger partial charge on any atom is 0.162 e. The van der Waals surface area contributed by atoms with Gasteiger partial charge in [0.05, 0.1) is 13.2 Å². The molecule has 0 saturated carbocycles. The van der Waals surface area contributed by atoms with Crippen LogP contribution in [0.1, 0.15) is 352 Å². The summed E-state index contributed by atoms with van der Waals surface area (Å²) in [5.41, 5.74) is 24.1. The lowest BCUT2D eigenvalue weighted by molar-refractivity contribution is 0.103. The molecular weight excluding hydrogens is 1610 g/mol. The van der Waals surface area contributed by atoms with Crippen molar-refractivity contribution in [3.8, 4) is 11.5 Å². The molecule has 0 heterocycles. The minimum atomic E-state index is -0.729. The lowest BCUT2D eigenvalue weighted by atomic mass is 9.81. The molecule has 0 aromatic heterocycles. The molecule has 0 saturated heterocycles. The Morgan fingerprint density at radius 3 is 1.06 bits per heavy atom. The molecule has 10 rings (SSSR count). The van der Waals surface area contributed by atoms with Gasteiger partial charge in [0.2, 0.25) is 0 Å². The number of aliphatic hydroxyl groups excluding tert-OH is 1. The number of aliphatic hydroxyl groups is 1. The predicted molar refractivity (Wildman–Crippen MR) is 550 cm³/mol. The molecule has 128 heavy (non-hydrogen) atoms. The molecule has 3 nitrogen and oxygen atoms in total. The van der Waals surface area contributed by atoms with Gasteiger partial charge in [-0.05, 0) is 274 Å². The Labute approximate surface area is 784 Å². The highest BCUT2D eigenvalue weighted by molar-refractivity contribution is 6.32. The third kappa shape index (κ3) is 42.3. The number of aryl methyl sites for hydroxylation is 11. The molecule has 0 bridgehead atoms. The first-order valence-electron chi connectivity index (χ1n) is 45.7. The van der Waals surface area contributed by atoms with Gasteiger partial charge in [-0.2, -0.15) is 0 Å². The van der Waals surface area contributed by atoms with E-state index >= 15 is 0 Å². The van der Waals surface area contributed by atoms with E-state index in [1.807, 2.05) is 90.9 Å². The van der Waals surface area contributed by atoms with Crippen LogP contribution in [0.25, 0.3) is 0 Å². The highest BCUT2D eigenvalue weighted by Crippen LogP contribution is 2.36. The molecule has 0 fully saturated rings. The second kappa shape index (κ2) is 49.3. The van der Waals surface area contributed by atoms with Crippen LogP contribution >= 0.6 is 11.6 Å². The van der Waals surface area contributed by atoms with Gasteiger partial charge >= 0.3 is 0 Å². The second-order valence-electron chi connectivity index (χ2n) is 46.4. The van der Waals surface area contributed by atoms with E-state index in [1.165, 1.54) is 96.1 Å². The highest BCUT2D eigenvalue weighted by atomic mass is 35.5. The molecule has 0 spiro atoms. The van der Waals surface area contributed by atoms with E-state index < -0.39 is 28.7 Å². The zero-order chi connectivity index (χ0) is 99.6. The van der Waals surface area contributed by atoms with Crippen LogP contribution in [0, 0.1) is 116 Å². The number of benzene rings is 10. The summed E-state index contributed by atoms with van der Waals surface area (Å²) in [4.78, 5) is 0. The molecule has 1 N–H and O–H groups in total. The molecule has 9 heteroatoms. The summed E-state index contributed by atoms with van der Waals surface area (Å²) in [5.74, 6) is -0.493. The van der Waals surface area contributed by atoms with Crippen molar-refractivity contribution in [3.05, 3.63) is 339 Å². The third-order valence-electron chi connectivity index (χ3n) is 21.5. The SMILES string of the molecule is CC(C)(C)c1ccc(C(C)(C)C)cc1.CC(C)(C)c1ccccc1F.Cc1cc(F)c(C(C)(C)C)c(F)c1.Cc1ccc(C(C)(C)C)c(C)c1.Cc1ccc(C(C)(C)C)c(F)c1F.Cc1ccc(CO)c(C(C)(C)C)c1.Cc1ccc(OCC(C)(C)C)c(C)c1.Cc1cccc(C(C)(C)C)c1Cl.Cc1cccc(C)c1C(C)(C)C.Cc1cccc(OC(C)C(C)(C)C)c1. The summed E-state index contributed by atoms with van der Waals surface area (Å²) >= 11 is 6.18. The van der Waals surface area contributed by atoms with Gasteiger partial charge in [-0.15, -0.1) is 0 Å². The van der Waals surface area contributed by atoms with Crippen LogP contribution in [-0.2, 0) is 55.3 Å². The number of hydrogen-bond acceptors (Lipinski definition) is 3. The standard InChI is InChI=1S/C14H22.2C13H20O.C12H18O.2C12H18.C11H15Cl.2C11H14F2.C10H13F/c1-13(2,3)11-7-9-12(10-8-11)14(4,5)6;1-10-6-7-12(11(2)8-10)14-9-13(3,4)5;1-10-7-6-8-12(9-10)14-11(2)13(3,4)5;1-9-5-6-10(8-13)11(7-9)12(2,3)4;1-9-6-7-11(10(2)8-9)12(3,4)5;1-9-7-6-8-10(2)11(9)12(3,4)5;1-8-6-5-7-9(10(8)12)11(2,3)4;1-7-5-8(12)10(9(13)6-7)11(2,3)4;1-7-5-6-8(11(2,3)4)10(13)9(7)12;1-10(2,3)8-6-4-5-7-9(8)11/h7-10H,1-6H3;6-8H,9H2,1-5H3;6-9,11H,1-5H3;5-7,13H,8H2,1-4H3;2*6-8H,1-5H3;5-7H,1-4H3;2*5-6H,1-4H3;4-7H,1-3H3. The van der Waals surface area contributed by atoms with Crippen LogP contribution < -0.4 is 9.47 Å². The maximum absolute atomic E-state index is 13.4. The van der Waals surface area contributed by atoms with Crippen molar-refractivity contribution in [3.63, 3.8) is 0 Å². The zero-order valence-electron chi connectivity index (χ0n) is 88.4. The Balaban J connectivity index is 0.000000712. The molecule has 708 valence electrons. The molecule has 1 atom stereocenters. The van der Waals surface area contributed by atoms with Crippen molar-refractivity contribution in [2.45, 2.75) is 373 Å². The van der Waals surface area contributed by atoms with Crippen LogP contribution in [0.3, 0.4) is 0 Å². The van der Waals surface area contributed by atoms with E-state index in [2.05, 4.69) is 338 Å². The fourth-order valence-electron chi connectivity index (χ4n) is 13.9. The van der Waals surface area contributed by atoms with E-state index in [0.717, 1.165) is 39.8 Å². The Bertz CT molecular complexity index is 4960. The third-order valence-corrected chi connectivity index (χ3v) is 22.0. The molecule has 0 aliphatic carbocycles. The first kappa shape index (κ1) is 118. The Kier molecular flexibility index (Phi) is 45.3. The largest absolute Gasteiger partial charge is 0.493 e. The predicted octanol–water partition coefficient (Wildman–Crippen LogP) is 36.0. The van der Waals surface area contributed by atoms with Crippen molar-refractivity contribution in [1.29, 1.82) is 0 Å². The molecular formula is C119H172ClF5O3. The quantitative estimate of drug-likeness (QED) is 0.175. The summed E-state index contributed by atoms with van der Waals surface area (Å²) in [5, 5.41) is 10.1. The van der Waals surface area contributed by atoms with Crippen molar-refractivity contribution in [1.82, 2.24) is 0 Å². The van der Waals surface area contributed by atoms with Gasteiger partial charge < -0.3 is 14.6 Å². The van der Waals surface area contributed by atoms with Crippen molar-refractivity contribution in [2.24, 2.45) is 10.8 Å². The van der Waals surface area contributed by atoms with Crippen molar-refractivity contribution >= 4 is 11.6 Å². The fourth-order valence-corrected chi connectivity index (χ4v) is 14.3. The fraction of sp³-hybridized carbons (Fsp3) is 0.496. The van der Waals surface area contributed by atoms with Crippen LogP contribution in [0.4, 0.5) is 22.0 Å². The number of ether oxygens (including phenoxy) is 2. The van der Waals surface area contributed by atoms with Gasteiger partial charge in [0.25, 0.3) is 0 Å². The monoisotopic (exact) mass is 1780 g/mol. The van der Waals surface area contributed by atoms with Gasteiger partial charge in [0.15, 0.2) is 11.6 Å². The molecule has 0 aliphatic heterocycles. The number of halogens is 6. The average Bonchev–Trinajstić information content (AvgIpc) is 0.814. The Morgan fingerprint density at radius 2 is 0.688 bits per heavy atom. The van der Waals surface area contributed by atoms with Gasteiger partial charge in [-0.25, -0.2) is 22.0 Å². The molecule has 10 aromatic rings. The molecule has 0 amide bonds. The molecule has 0 radical (unpaired) electrons. The first-order valence-corrected chi connectivity index (χ1v) is 46.1. The smallest absolute Gasteiger partial charge is 0.162 e. The maximum atomic E-state index is 13.4. The van der Waals surface area contributed by atoms with E-state index in [-0.39, 0.29) is 78.2 Å². The molecule has 0 aliphatic rings. The summed E-state index contributed by atoms with van der Waals surface area (Å²) in [6, 6.07) is 62.0. The van der Waals surface area contributed by atoms with E-state index in [9.17, 15) is 27.1 Å². The van der Waals surface area contributed by atoms with Crippen LogP contribution in [0.15, 0.2) is 188 Å². The van der Waals surface area contributed by atoms with Crippen LogP contribution in [0.2, 0.25) is 5.02 Å². The number of hydrogen-bond donors (Lipinski definition) is 1. The lowest BCUT2D eigenvalue weighted by Crippen LogP contribution is -2.28. The molecule has 1 unspecified atom stereocenters. The average molecular weight is 1780 g/mol. The van der Waals surface area contributed by atoms with E-state index in [4.69, 9.17) is 21.1 Å². The van der Waals surface area contributed by atoms with Crippen LogP contribution in [-0.4, -0.2) is 17.8 Å². The summed E-state index contributed by atoms with van der Waals surface area (Å²) in [6.07, 6.45) is 0.226. The van der Waals surface area contributed by atoms with Gasteiger partial charge in [0.1, 0.15) is 35.1 Å². The minimum Gasteiger partial charge on any atom is -0.493 e. The second-order valence-corrected chi connectivity index (χ2v) is 46.7. The number of rotatable bonds is 5. The molecule has 10 aromatic carbocycles. The minimum absolute atomic E-state index is 0.0919. The summed E-state index contributed by atoms with van der Waals surface area (Å²) in [7, 11) is 0. The normalized spacial score (nSPS) is 12.1. The highest BCUT2D eigenvalue weighted by Gasteiger charge is 2.27. The Hall–Kier alpha value is -8.30. The summed E-state index contributed by atoms with van der Waals surface area (Å²) in [6.45, 7) is 95.5. The van der Waals surface area contributed by atoms with Gasteiger partial charge in [-0.3, -0.25) is 0 Å². The lowest BCUT2D eigenvalue weighted by Gasteiger charge is -2.28. The van der Waals surface area contributed by atoms with Crippen LogP contribution in [0.5, 0.6) is 11.5 Å². The topological polar surface area (TPSA) is 38.7 Å².